The second kappa shape index (κ2) is 8.75. The molecule has 0 atom stereocenters. The standard InChI is InChI=1S/C22H16ClF3N6O2/c1-11-17(12(2)32(31-11)14-7-5-6-13(10-14)22(24,25)26)18(33)20(34)28-21-27-19(29-30-21)15-8-3-4-9-16(15)23/h3-10H,1-2H3,(H2,27,28,29,30,34). The number of amides is 1. The number of hydrogen-bond donors (Lipinski definition) is 2. The van der Waals surface area contributed by atoms with Crippen LogP contribution < -0.4 is 5.32 Å². The van der Waals surface area contributed by atoms with Crippen LogP contribution in [0.1, 0.15) is 27.3 Å². The number of nitrogens with one attached hydrogen (secondary N) is 2. The van der Waals surface area contributed by atoms with E-state index >= 15 is 0 Å². The van der Waals surface area contributed by atoms with Crippen LogP contribution in [-0.4, -0.2) is 36.7 Å². The maximum Gasteiger partial charge on any atom is 0.416 e. The number of rotatable bonds is 5. The summed E-state index contributed by atoms with van der Waals surface area (Å²) in [4.78, 5) is 29.6. The number of nitrogens with zero attached hydrogens (tertiary/aromatic N) is 4. The summed E-state index contributed by atoms with van der Waals surface area (Å²) < 4.78 is 40.4. The minimum Gasteiger partial charge on any atom is -0.286 e. The Kier molecular flexibility index (Phi) is 5.96. The molecule has 2 heterocycles. The van der Waals surface area contributed by atoms with Gasteiger partial charge in [-0.3, -0.25) is 20.0 Å². The highest BCUT2D eigenvalue weighted by Crippen LogP contribution is 2.31. The first kappa shape index (κ1) is 23.2. The summed E-state index contributed by atoms with van der Waals surface area (Å²) in [6.07, 6.45) is -4.54. The molecule has 0 aliphatic carbocycles. The molecule has 0 bridgehead atoms. The number of aryl methyl sites for hydroxylation is 1. The van der Waals surface area contributed by atoms with Crippen molar-refractivity contribution in [3.05, 3.63) is 76.1 Å². The topological polar surface area (TPSA) is 106 Å². The lowest BCUT2D eigenvalue weighted by atomic mass is 10.1. The van der Waals surface area contributed by atoms with E-state index in [4.69, 9.17) is 11.6 Å². The van der Waals surface area contributed by atoms with E-state index in [1.54, 1.807) is 24.3 Å². The zero-order valence-corrected chi connectivity index (χ0v) is 18.5. The Labute approximate surface area is 195 Å². The van der Waals surface area contributed by atoms with Crippen molar-refractivity contribution in [3.63, 3.8) is 0 Å². The van der Waals surface area contributed by atoms with Crippen molar-refractivity contribution in [2.24, 2.45) is 0 Å². The highest BCUT2D eigenvalue weighted by Gasteiger charge is 2.31. The summed E-state index contributed by atoms with van der Waals surface area (Å²) >= 11 is 6.13. The molecule has 0 aliphatic rings. The maximum absolute atomic E-state index is 13.1. The van der Waals surface area contributed by atoms with Gasteiger partial charge in [0.25, 0.3) is 11.7 Å². The zero-order valence-electron chi connectivity index (χ0n) is 17.7. The van der Waals surface area contributed by atoms with Gasteiger partial charge < -0.3 is 0 Å². The van der Waals surface area contributed by atoms with Crippen molar-refractivity contribution in [3.8, 4) is 17.1 Å². The van der Waals surface area contributed by atoms with Crippen LogP contribution >= 0.6 is 11.6 Å². The maximum atomic E-state index is 13.1. The summed E-state index contributed by atoms with van der Waals surface area (Å²) in [5.41, 5.74) is 0.162. The summed E-state index contributed by atoms with van der Waals surface area (Å²) in [6, 6.07) is 11.4. The molecule has 2 aromatic carbocycles. The largest absolute Gasteiger partial charge is 0.416 e. The number of hydrogen-bond acceptors (Lipinski definition) is 5. The third-order valence-corrected chi connectivity index (χ3v) is 5.31. The Hall–Kier alpha value is -3.99. The van der Waals surface area contributed by atoms with Crippen LogP contribution in [0.25, 0.3) is 17.1 Å². The highest BCUT2D eigenvalue weighted by atomic mass is 35.5. The third-order valence-electron chi connectivity index (χ3n) is 4.98. The van der Waals surface area contributed by atoms with Crippen LogP contribution in [0.5, 0.6) is 0 Å². The van der Waals surface area contributed by atoms with Crippen molar-refractivity contribution in [2.45, 2.75) is 20.0 Å². The van der Waals surface area contributed by atoms with Crippen molar-refractivity contribution >= 4 is 29.2 Å². The Morgan fingerprint density at radius 3 is 2.53 bits per heavy atom. The number of anilines is 1. The number of carbonyl (C=O) groups excluding carboxylic acids is 2. The first-order chi connectivity index (χ1) is 16.1. The van der Waals surface area contributed by atoms with Crippen molar-refractivity contribution in [1.29, 1.82) is 0 Å². The van der Waals surface area contributed by atoms with Crippen molar-refractivity contribution < 1.29 is 22.8 Å². The normalized spacial score (nSPS) is 11.5. The molecular formula is C22H16ClF3N6O2. The Bertz CT molecular complexity index is 1410. The minimum atomic E-state index is -4.54. The van der Waals surface area contributed by atoms with Crippen LogP contribution in [-0.2, 0) is 11.0 Å². The van der Waals surface area contributed by atoms with Gasteiger partial charge in [0.2, 0.25) is 5.95 Å². The fourth-order valence-corrected chi connectivity index (χ4v) is 3.63. The quantitative estimate of drug-likeness (QED) is 0.311. The van der Waals surface area contributed by atoms with Crippen LogP contribution in [0.3, 0.4) is 0 Å². The molecule has 1 amide bonds. The third kappa shape index (κ3) is 4.42. The van der Waals surface area contributed by atoms with Crippen molar-refractivity contribution in [2.75, 3.05) is 5.32 Å². The number of Topliss-reactive ketones (excluding diaryl/α,β-unsaturated/α-hetero) is 1. The van der Waals surface area contributed by atoms with Crippen LogP contribution in [0.15, 0.2) is 48.5 Å². The molecule has 0 aliphatic heterocycles. The fourth-order valence-electron chi connectivity index (χ4n) is 3.40. The molecule has 0 saturated heterocycles. The second-order valence-corrected chi connectivity index (χ2v) is 7.68. The fraction of sp³-hybridized carbons (Fsp3) is 0.136. The average Bonchev–Trinajstić information content (AvgIpc) is 3.36. The van der Waals surface area contributed by atoms with E-state index < -0.39 is 23.4 Å². The molecule has 34 heavy (non-hydrogen) atoms. The minimum absolute atomic E-state index is 0.0308. The van der Waals surface area contributed by atoms with E-state index in [1.165, 1.54) is 30.7 Å². The number of benzene rings is 2. The van der Waals surface area contributed by atoms with E-state index in [2.05, 4.69) is 25.6 Å². The summed E-state index contributed by atoms with van der Waals surface area (Å²) in [6.45, 7) is 2.98. The number of ketones is 1. The van der Waals surface area contributed by atoms with Gasteiger partial charge in [0.1, 0.15) is 0 Å². The summed E-state index contributed by atoms with van der Waals surface area (Å²) in [5.74, 6) is -1.82. The van der Waals surface area contributed by atoms with Gasteiger partial charge in [-0.25, -0.2) is 4.68 Å². The predicted octanol–water partition coefficient (Wildman–Crippen LogP) is 4.77. The van der Waals surface area contributed by atoms with Gasteiger partial charge >= 0.3 is 6.18 Å². The SMILES string of the molecule is Cc1nn(-c2cccc(C(F)(F)F)c2)c(C)c1C(=O)C(=O)Nc1n[nH]c(-c2ccccc2Cl)n1. The van der Waals surface area contributed by atoms with Crippen LogP contribution in [0, 0.1) is 13.8 Å². The molecule has 0 spiro atoms. The molecule has 0 fully saturated rings. The first-order valence-corrected chi connectivity index (χ1v) is 10.2. The molecule has 12 heteroatoms. The number of halogens is 4. The summed E-state index contributed by atoms with van der Waals surface area (Å²) in [5, 5.41) is 13.4. The lowest BCUT2D eigenvalue weighted by Gasteiger charge is -2.10. The van der Waals surface area contributed by atoms with Gasteiger partial charge in [-0.15, -0.1) is 5.10 Å². The lowest BCUT2D eigenvalue weighted by molar-refractivity contribution is -0.137. The van der Waals surface area contributed by atoms with E-state index in [1.807, 2.05) is 0 Å². The number of aromatic nitrogens is 5. The van der Waals surface area contributed by atoms with Gasteiger partial charge in [0.05, 0.1) is 33.2 Å². The van der Waals surface area contributed by atoms with Gasteiger partial charge in [-0.05, 0) is 44.2 Å². The second-order valence-electron chi connectivity index (χ2n) is 7.28. The van der Waals surface area contributed by atoms with E-state index in [0.717, 1.165) is 12.1 Å². The molecule has 0 unspecified atom stereocenters. The molecule has 0 saturated carbocycles. The number of aromatic amines is 1. The highest BCUT2D eigenvalue weighted by molar-refractivity contribution is 6.46. The van der Waals surface area contributed by atoms with Crippen LogP contribution in [0.2, 0.25) is 5.02 Å². The molecule has 2 aromatic heterocycles. The molecule has 8 nitrogen and oxygen atoms in total. The van der Waals surface area contributed by atoms with E-state index in [9.17, 15) is 22.8 Å². The lowest BCUT2D eigenvalue weighted by Crippen LogP contribution is -2.24. The van der Waals surface area contributed by atoms with Crippen molar-refractivity contribution in [1.82, 2.24) is 25.0 Å². The van der Waals surface area contributed by atoms with Gasteiger partial charge in [0.15, 0.2) is 5.82 Å². The molecule has 2 N–H and O–H groups in total. The Morgan fingerprint density at radius 2 is 1.82 bits per heavy atom. The molecule has 4 rings (SSSR count). The smallest absolute Gasteiger partial charge is 0.286 e. The Balaban J connectivity index is 1.58. The molecule has 4 aromatic rings. The van der Waals surface area contributed by atoms with Crippen LogP contribution in [0.4, 0.5) is 19.1 Å². The zero-order chi connectivity index (χ0) is 24.6. The number of carbonyl (C=O) groups is 2. The number of alkyl halides is 3. The molecular weight excluding hydrogens is 473 g/mol. The average molecular weight is 489 g/mol. The monoisotopic (exact) mass is 488 g/mol. The predicted molar refractivity (Wildman–Crippen MR) is 118 cm³/mol. The Morgan fingerprint density at radius 1 is 1.09 bits per heavy atom. The van der Waals surface area contributed by atoms with Gasteiger partial charge in [-0.1, -0.05) is 29.8 Å². The first-order valence-electron chi connectivity index (χ1n) is 9.83. The van der Waals surface area contributed by atoms with Gasteiger partial charge in [-0.2, -0.15) is 23.3 Å². The molecule has 0 radical (unpaired) electrons. The summed E-state index contributed by atoms with van der Waals surface area (Å²) in [7, 11) is 0. The van der Waals surface area contributed by atoms with E-state index in [-0.39, 0.29) is 34.4 Å². The number of H-pyrrole nitrogens is 1. The van der Waals surface area contributed by atoms with Gasteiger partial charge in [0, 0.05) is 5.56 Å². The molecule has 174 valence electrons. The van der Waals surface area contributed by atoms with E-state index in [0.29, 0.717) is 10.6 Å².